The summed E-state index contributed by atoms with van der Waals surface area (Å²) in [6, 6.07) is 4.18. The van der Waals surface area contributed by atoms with Crippen LogP contribution in [0.2, 0.25) is 15.1 Å². The van der Waals surface area contributed by atoms with Crippen molar-refractivity contribution in [2.45, 2.75) is 38.7 Å². The Balaban J connectivity index is 1.64. The average molecular weight is 532 g/mol. The smallest absolute Gasteiger partial charge is 0.278 e. The molecule has 0 saturated heterocycles. The second-order valence-electron chi connectivity index (χ2n) is 8.15. The molecular formula is C22H19Cl3F2N4O3. The number of ether oxygens (including phenoxy) is 1. The van der Waals surface area contributed by atoms with Gasteiger partial charge in [0.1, 0.15) is 18.1 Å². The molecule has 4 rings (SSSR count). The highest BCUT2D eigenvalue weighted by molar-refractivity contribution is 6.36. The van der Waals surface area contributed by atoms with Crippen LogP contribution in [0.25, 0.3) is 28.6 Å². The monoisotopic (exact) mass is 530 g/mol. The Labute approximate surface area is 208 Å². The first-order valence-electron chi connectivity index (χ1n) is 10.1. The van der Waals surface area contributed by atoms with E-state index < -0.39 is 11.5 Å². The summed E-state index contributed by atoms with van der Waals surface area (Å²) in [7, 11) is 0. The molecule has 7 nitrogen and oxygen atoms in total. The molecule has 0 saturated carbocycles. The zero-order valence-corrected chi connectivity index (χ0v) is 20.5. The summed E-state index contributed by atoms with van der Waals surface area (Å²) in [6.07, 6.45) is 3.19. The molecule has 0 bridgehead atoms. The normalized spacial score (nSPS) is 13.9. The number of nitrogens with zero attached hydrogens (tertiary/aromatic N) is 4. The van der Waals surface area contributed by atoms with Crippen LogP contribution >= 0.6 is 34.8 Å². The molecule has 3 aromatic heterocycles. The summed E-state index contributed by atoms with van der Waals surface area (Å²) in [5, 5.41) is 14.6. The number of aliphatic hydroxyl groups is 1. The molecule has 1 aromatic carbocycles. The van der Waals surface area contributed by atoms with Gasteiger partial charge in [0.25, 0.3) is 11.8 Å². The minimum Gasteiger partial charge on any atom is -0.489 e. The van der Waals surface area contributed by atoms with E-state index in [1.807, 2.05) is 6.92 Å². The average Bonchev–Trinajstić information content (AvgIpc) is 3.41. The van der Waals surface area contributed by atoms with Gasteiger partial charge in [-0.1, -0.05) is 46.9 Å². The molecule has 0 radical (unpaired) electrons. The summed E-state index contributed by atoms with van der Waals surface area (Å²) < 4.78 is 39.7. The van der Waals surface area contributed by atoms with Gasteiger partial charge in [0, 0.05) is 36.5 Å². The van der Waals surface area contributed by atoms with Crippen LogP contribution in [0.3, 0.4) is 0 Å². The summed E-state index contributed by atoms with van der Waals surface area (Å²) in [5.74, 6) is -2.60. The van der Waals surface area contributed by atoms with E-state index in [9.17, 15) is 13.9 Å². The number of halogens is 5. The maximum atomic E-state index is 13.7. The van der Waals surface area contributed by atoms with Gasteiger partial charge >= 0.3 is 0 Å². The first-order valence-corrected chi connectivity index (χ1v) is 11.3. The molecule has 0 aliphatic heterocycles. The fraction of sp³-hybridized carbons (Fsp3) is 0.318. The third-order valence-corrected chi connectivity index (χ3v) is 6.11. The second kappa shape index (κ2) is 8.96. The molecule has 0 spiro atoms. The summed E-state index contributed by atoms with van der Waals surface area (Å²) >= 11 is 18.9. The van der Waals surface area contributed by atoms with Crippen molar-refractivity contribution in [1.82, 2.24) is 19.5 Å². The van der Waals surface area contributed by atoms with Gasteiger partial charge < -0.3 is 18.8 Å². The van der Waals surface area contributed by atoms with Crippen molar-refractivity contribution >= 4 is 40.4 Å². The largest absolute Gasteiger partial charge is 0.489 e. The molecule has 4 aromatic rings. The molecule has 0 amide bonds. The Morgan fingerprint density at radius 1 is 1.06 bits per heavy atom. The maximum Gasteiger partial charge on any atom is 0.278 e. The zero-order chi connectivity index (χ0) is 24.8. The van der Waals surface area contributed by atoms with Gasteiger partial charge in [-0.3, -0.25) is 0 Å². The van der Waals surface area contributed by atoms with Crippen LogP contribution < -0.4 is 4.74 Å². The molecule has 1 N–H and O–H groups in total. The standard InChI is InChI=1S/C22H19Cl3F2N4O3/c1-4-21(2,32)10-33-17-7-13(23)12(6-14(17)24)18-29-20(34-30-18)16-9-31-8-11(22(3,26)27)5-15(25)19(31)28-16/h5-9,32H,4,10H2,1-3H3. The summed E-state index contributed by atoms with van der Waals surface area (Å²) in [4.78, 5) is 8.62. The number of hydrogen-bond acceptors (Lipinski definition) is 6. The molecule has 34 heavy (non-hydrogen) atoms. The van der Waals surface area contributed by atoms with Gasteiger partial charge in [-0.2, -0.15) is 4.98 Å². The molecule has 0 aliphatic carbocycles. The van der Waals surface area contributed by atoms with Gasteiger partial charge in [-0.05, 0) is 25.5 Å². The van der Waals surface area contributed by atoms with Crippen molar-refractivity contribution in [2.24, 2.45) is 0 Å². The highest BCUT2D eigenvalue weighted by Crippen LogP contribution is 2.37. The van der Waals surface area contributed by atoms with Crippen molar-refractivity contribution in [3.8, 4) is 28.7 Å². The highest BCUT2D eigenvalue weighted by atomic mass is 35.5. The second-order valence-corrected chi connectivity index (χ2v) is 9.37. The minimum atomic E-state index is -3.07. The predicted octanol–water partition coefficient (Wildman–Crippen LogP) is 6.66. The quantitative estimate of drug-likeness (QED) is 0.287. The first kappa shape index (κ1) is 24.7. The number of alkyl halides is 2. The molecule has 180 valence electrons. The lowest BCUT2D eigenvalue weighted by molar-refractivity contribution is 0.00849. The van der Waals surface area contributed by atoms with Crippen LogP contribution in [0.15, 0.2) is 35.1 Å². The predicted molar refractivity (Wildman–Crippen MR) is 125 cm³/mol. The number of aromatic nitrogens is 4. The molecule has 1 atom stereocenters. The van der Waals surface area contributed by atoms with Gasteiger partial charge in [0.2, 0.25) is 5.82 Å². The van der Waals surface area contributed by atoms with Crippen molar-refractivity contribution in [2.75, 3.05) is 6.61 Å². The van der Waals surface area contributed by atoms with Crippen molar-refractivity contribution in [3.05, 3.63) is 51.2 Å². The van der Waals surface area contributed by atoms with Crippen molar-refractivity contribution < 1.29 is 23.1 Å². The number of rotatable bonds is 7. The van der Waals surface area contributed by atoms with E-state index in [4.69, 9.17) is 44.1 Å². The zero-order valence-electron chi connectivity index (χ0n) is 18.2. The lowest BCUT2D eigenvalue weighted by atomic mass is 10.1. The SMILES string of the molecule is CCC(C)(O)COc1cc(Cl)c(-c2noc(-c3cn4cc(C(C)(F)F)cc(Cl)c4n3)n2)cc1Cl. The number of fused-ring (bicyclic) bond motifs is 1. The van der Waals surface area contributed by atoms with E-state index >= 15 is 0 Å². The topological polar surface area (TPSA) is 85.7 Å². The van der Waals surface area contributed by atoms with Gasteiger partial charge in [-0.15, -0.1) is 0 Å². The Hall–Kier alpha value is -2.46. The van der Waals surface area contributed by atoms with Gasteiger partial charge in [0.15, 0.2) is 5.65 Å². The highest BCUT2D eigenvalue weighted by Gasteiger charge is 2.27. The van der Waals surface area contributed by atoms with Crippen LogP contribution in [0.5, 0.6) is 5.75 Å². The van der Waals surface area contributed by atoms with E-state index in [-0.39, 0.29) is 50.3 Å². The van der Waals surface area contributed by atoms with Crippen molar-refractivity contribution in [3.63, 3.8) is 0 Å². The molecule has 0 aliphatic rings. The lowest BCUT2D eigenvalue weighted by Crippen LogP contribution is -2.31. The van der Waals surface area contributed by atoms with E-state index in [0.29, 0.717) is 17.7 Å². The molecule has 3 heterocycles. The third kappa shape index (κ3) is 4.98. The van der Waals surface area contributed by atoms with Crippen LogP contribution in [0.1, 0.15) is 32.8 Å². The summed E-state index contributed by atoms with van der Waals surface area (Å²) in [5.41, 5.74) is -0.395. The third-order valence-electron chi connectivity index (χ3n) is 5.22. The fourth-order valence-corrected chi connectivity index (χ4v) is 3.70. The molecule has 0 fully saturated rings. The van der Waals surface area contributed by atoms with E-state index in [2.05, 4.69) is 15.1 Å². The Morgan fingerprint density at radius 3 is 2.47 bits per heavy atom. The fourth-order valence-electron chi connectivity index (χ4n) is 2.98. The van der Waals surface area contributed by atoms with Crippen molar-refractivity contribution in [1.29, 1.82) is 0 Å². The Bertz CT molecular complexity index is 1370. The Kier molecular flexibility index (Phi) is 6.50. The minimum absolute atomic E-state index is 0.0334. The van der Waals surface area contributed by atoms with E-state index in [0.717, 1.165) is 13.0 Å². The number of imidazole rings is 1. The van der Waals surface area contributed by atoms with Gasteiger partial charge in [0.05, 0.1) is 20.7 Å². The summed E-state index contributed by atoms with van der Waals surface area (Å²) in [6.45, 7) is 4.31. The molecule has 12 heteroatoms. The van der Waals surface area contributed by atoms with E-state index in [1.54, 1.807) is 6.92 Å². The molecular weight excluding hydrogens is 513 g/mol. The van der Waals surface area contributed by atoms with Gasteiger partial charge in [-0.25, -0.2) is 13.8 Å². The van der Waals surface area contributed by atoms with Crippen LogP contribution in [0.4, 0.5) is 8.78 Å². The van der Waals surface area contributed by atoms with Crippen LogP contribution in [-0.2, 0) is 5.92 Å². The number of pyridine rings is 1. The van der Waals surface area contributed by atoms with Crippen LogP contribution in [0, 0.1) is 0 Å². The Morgan fingerprint density at radius 2 is 1.79 bits per heavy atom. The van der Waals surface area contributed by atoms with E-state index in [1.165, 1.54) is 28.9 Å². The molecule has 1 unspecified atom stereocenters. The number of hydrogen-bond donors (Lipinski definition) is 1. The first-order chi connectivity index (χ1) is 15.9. The number of benzene rings is 1. The lowest BCUT2D eigenvalue weighted by Gasteiger charge is -2.22. The van der Waals surface area contributed by atoms with Crippen LogP contribution in [-0.4, -0.2) is 36.8 Å². The maximum absolute atomic E-state index is 13.7.